The number of carbonyl (C=O) groups is 2. The van der Waals surface area contributed by atoms with Gasteiger partial charge in [-0.2, -0.15) is 0 Å². The highest BCUT2D eigenvalue weighted by atomic mass is 16.6. The lowest BCUT2D eigenvalue weighted by molar-refractivity contribution is -0.142. The average molecular weight is 332 g/mol. The van der Waals surface area contributed by atoms with Crippen molar-refractivity contribution in [2.75, 3.05) is 13.2 Å². The summed E-state index contributed by atoms with van der Waals surface area (Å²) in [5, 5.41) is 14.7. The van der Waals surface area contributed by atoms with Crippen LogP contribution >= 0.6 is 0 Å². The number of phenols is 1. The predicted molar refractivity (Wildman–Crippen MR) is 85.1 cm³/mol. The van der Waals surface area contributed by atoms with E-state index in [2.05, 4.69) is 10.6 Å². The van der Waals surface area contributed by atoms with Gasteiger partial charge in [0.15, 0.2) is 0 Å². The highest BCUT2D eigenvalue weighted by molar-refractivity contribution is 5.95. The minimum Gasteiger partial charge on any atom is -0.508 e. The van der Waals surface area contributed by atoms with Crippen LogP contribution in [0.5, 0.6) is 5.75 Å². The second-order valence-electron chi connectivity index (χ2n) is 5.90. The molecule has 0 unspecified atom stereocenters. The molecule has 2 aliphatic heterocycles. The van der Waals surface area contributed by atoms with Crippen molar-refractivity contribution >= 4 is 12.0 Å². The zero-order valence-electron chi connectivity index (χ0n) is 13.4. The zero-order chi connectivity index (χ0) is 17.1. The second-order valence-corrected chi connectivity index (χ2v) is 5.90. The van der Waals surface area contributed by atoms with Crippen molar-refractivity contribution < 1.29 is 24.2 Å². The predicted octanol–water partition coefficient (Wildman–Crippen LogP) is 1.74. The third-order valence-corrected chi connectivity index (χ3v) is 4.14. The summed E-state index contributed by atoms with van der Waals surface area (Å²) in [6.07, 6.45) is 1.78. The first-order valence-corrected chi connectivity index (χ1v) is 7.90. The molecule has 2 atom stereocenters. The molecule has 0 spiro atoms. The van der Waals surface area contributed by atoms with Crippen molar-refractivity contribution in [1.29, 1.82) is 0 Å². The number of hydrogen-bond donors (Lipinski definition) is 3. The molecular weight excluding hydrogens is 312 g/mol. The smallest absolute Gasteiger partial charge is 0.338 e. The fourth-order valence-electron chi connectivity index (χ4n) is 2.90. The monoisotopic (exact) mass is 332 g/mol. The maximum absolute atomic E-state index is 12.5. The summed E-state index contributed by atoms with van der Waals surface area (Å²) in [6.45, 7) is 2.55. The Morgan fingerprint density at radius 2 is 2.12 bits per heavy atom. The van der Waals surface area contributed by atoms with E-state index in [1.165, 1.54) is 12.1 Å². The Kier molecular flexibility index (Phi) is 4.71. The third-order valence-electron chi connectivity index (χ3n) is 4.14. The van der Waals surface area contributed by atoms with Crippen molar-refractivity contribution in [1.82, 2.24) is 10.6 Å². The molecule has 0 radical (unpaired) electrons. The Morgan fingerprint density at radius 1 is 1.38 bits per heavy atom. The summed E-state index contributed by atoms with van der Waals surface area (Å²) in [5.41, 5.74) is 1.48. The summed E-state index contributed by atoms with van der Waals surface area (Å²) in [4.78, 5) is 24.3. The van der Waals surface area contributed by atoms with Crippen molar-refractivity contribution in [2.45, 2.75) is 31.9 Å². The number of nitrogens with one attached hydrogen (secondary N) is 2. The van der Waals surface area contributed by atoms with E-state index < -0.39 is 12.0 Å². The Labute approximate surface area is 139 Å². The Morgan fingerprint density at radius 3 is 2.79 bits per heavy atom. The average Bonchev–Trinajstić information content (AvgIpc) is 3.06. The van der Waals surface area contributed by atoms with Crippen LogP contribution in [-0.2, 0) is 14.3 Å². The number of carbonyl (C=O) groups excluding carboxylic acids is 2. The molecule has 128 valence electrons. The van der Waals surface area contributed by atoms with Crippen LogP contribution in [0.4, 0.5) is 4.79 Å². The van der Waals surface area contributed by atoms with Crippen LogP contribution in [0.3, 0.4) is 0 Å². The summed E-state index contributed by atoms with van der Waals surface area (Å²) >= 11 is 0. The summed E-state index contributed by atoms with van der Waals surface area (Å²) in [7, 11) is 0. The minimum atomic E-state index is -0.628. The van der Waals surface area contributed by atoms with Crippen LogP contribution in [0.25, 0.3) is 0 Å². The maximum Gasteiger partial charge on any atom is 0.338 e. The van der Waals surface area contributed by atoms with Gasteiger partial charge in [-0.3, -0.25) is 0 Å². The maximum atomic E-state index is 12.5. The first-order valence-electron chi connectivity index (χ1n) is 7.90. The van der Waals surface area contributed by atoms with Gasteiger partial charge < -0.3 is 25.2 Å². The number of rotatable bonds is 4. The Balaban J connectivity index is 1.80. The fourth-order valence-corrected chi connectivity index (χ4v) is 2.90. The largest absolute Gasteiger partial charge is 0.508 e. The zero-order valence-corrected chi connectivity index (χ0v) is 13.4. The second kappa shape index (κ2) is 6.92. The minimum absolute atomic E-state index is 0.0619. The molecule has 24 heavy (non-hydrogen) atoms. The van der Waals surface area contributed by atoms with Crippen LogP contribution in [0, 0.1) is 0 Å². The Bertz CT molecular complexity index is 662. The van der Waals surface area contributed by atoms with E-state index in [-0.39, 0.29) is 24.5 Å². The molecule has 3 N–H and O–H groups in total. The number of allylic oxidation sites excluding steroid dienone is 1. The van der Waals surface area contributed by atoms with E-state index in [1.807, 2.05) is 0 Å². The van der Waals surface area contributed by atoms with Gasteiger partial charge >= 0.3 is 12.0 Å². The number of aromatic hydroxyl groups is 1. The summed E-state index contributed by atoms with van der Waals surface area (Å²) in [5.74, 6) is -0.379. The molecule has 1 saturated heterocycles. The van der Waals surface area contributed by atoms with Crippen molar-refractivity contribution in [3.8, 4) is 5.75 Å². The number of urea groups is 1. The number of esters is 1. The van der Waals surface area contributed by atoms with Gasteiger partial charge in [-0.25, -0.2) is 9.59 Å². The van der Waals surface area contributed by atoms with Crippen LogP contribution in [0.1, 0.15) is 31.4 Å². The normalized spacial score (nSPS) is 23.6. The molecule has 2 aliphatic rings. The first-order chi connectivity index (χ1) is 11.5. The van der Waals surface area contributed by atoms with Gasteiger partial charge in [-0.1, -0.05) is 12.1 Å². The van der Waals surface area contributed by atoms with E-state index in [4.69, 9.17) is 9.47 Å². The lowest BCUT2D eigenvalue weighted by Gasteiger charge is -2.28. The molecule has 0 saturated carbocycles. The summed E-state index contributed by atoms with van der Waals surface area (Å²) < 4.78 is 10.8. The third kappa shape index (κ3) is 3.51. The molecule has 7 heteroatoms. The van der Waals surface area contributed by atoms with Crippen molar-refractivity contribution in [3.05, 3.63) is 41.1 Å². The topological polar surface area (TPSA) is 96.9 Å². The van der Waals surface area contributed by atoms with Crippen LogP contribution in [0.2, 0.25) is 0 Å². The van der Waals surface area contributed by atoms with E-state index in [1.54, 1.807) is 19.1 Å². The van der Waals surface area contributed by atoms with Gasteiger partial charge in [0, 0.05) is 12.3 Å². The molecule has 7 nitrogen and oxygen atoms in total. The molecule has 1 fully saturated rings. The van der Waals surface area contributed by atoms with E-state index in [0.29, 0.717) is 23.4 Å². The molecule has 0 aromatic heterocycles. The number of benzene rings is 1. The van der Waals surface area contributed by atoms with E-state index >= 15 is 0 Å². The van der Waals surface area contributed by atoms with Crippen molar-refractivity contribution in [3.63, 3.8) is 0 Å². The molecule has 2 amide bonds. The van der Waals surface area contributed by atoms with Gasteiger partial charge in [0.1, 0.15) is 12.4 Å². The lowest BCUT2D eigenvalue weighted by Crippen LogP contribution is -2.45. The molecule has 2 heterocycles. The highest BCUT2D eigenvalue weighted by Crippen LogP contribution is 2.28. The van der Waals surface area contributed by atoms with Crippen LogP contribution in [-0.4, -0.2) is 36.4 Å². The molecule has 1 aromatic rings. The van der Waals surface area contributed by atoms with Gasteiger partial charge in [0.05, 0.1) is 17.7 Å². The quantitative estimate of drug-likeness (QED) is 0.730. The van der Waals surface area contributed by atoms with Crippen molar-refractivity contribution in [2.24, 2.45) is 0 Å². The van der Waals surface area contributed by atoms with E-state index in [0.717, 1.165) is 12.8 Å². The lowest BCUT2D eigenvalue weighted by atomic mass is 9.95. The van der Waals surface area contributed by atoms with Crippen LogP contribution < -0.4 is 10.6 Å². The standard InChI is InChI=1S/C17H20N2O5/c1-10-14(16(21)24-9-13-3-2-8-23-13)15(19-17(22)18-10)11-4-6-12(20)7-5-11/h4-7,13,15,20H,2-3,8-9H2,1H3,(H2,18,19,22)/t13-,15+/m1/s1. The van der Waals surface area contributed by atoms with E-state index in [9.17, 15) is 14.7 Å². The Hall–Kier alpha value is -2.54. The van der Waals surface area contributed by atoms with Gasteiger partial charge in [0.25, 0.3) is 0 Å². The fraction of sp³-hybridized carbons (Fsp3) is 0.412. The molecular formula is C17H20N2O5. The highest BCUT2D eigenvalue weighted by Gasteiger charge is 2.32. The SMILES string of the molecule is CC1=C(C(=O)OC[C@H]2CCCO2)[C@H](c2ccc(O)cc2)NC(=O)N1. The van der Waals surface area contributed by atoms with Gasteiger partial charge in [-0.05, 0) is 37.5 Å². The van der Waals surface area contributed by atoms with Crippen LogP contribution in [0.15, 0.2) is 35.5 Å². The number of ether oxygens (including phenoxy) is 2. The summed E-state index contributed by atoms with van der Waals surface area (Å²) in [6, 6.07) is 5.32. The number of hydrogen-bond acceptors (Lipinski definition) is 5. The molecule has 0 bridgehead atoms. The molecule has 1 aromatic carbocycles. The number of phenolic OH excluding ortho intramolecular Hbond substituents is 1. The number of amides is 2. The first kappa shape index (κ1) is 16.3. The molecule has 0 aliphatic carbocycles. The van der Waals surface area contributed by atoms with Gasteiger partial charge in [-0.15, -0.1) is 0 Å². The molecule has 3 rings (SSSR count). The van der Waals surface area contributed by atoms with Gasteiger partial charge in [0.2, 0.25) is 0 Å².